The van der Waals surface area contributed by atoms with Crippen LogP contribution in [0.15, 0.2) is 47.7 Å². The highest BCUT2D eigenvalue weighted by molar-refractivity contribution is 5.97. The summed E-state index contributed by atoms with van der Waals surface area (Å²) in [6, 6.07) is 5.54. The second kappa shape index (κ2) is 9.49. The molecule has 1 aliphatic heterocycles. The van der Waals surface area contributed by atoms with E-state index in [2.05, 4.69) is 25.0 Å². The number of hydrogen-bond donors (Lipinski definition) is 1. The van der Waals surface area contributed by atoms with Crippen LogP contribution in [-0.4, -0.2) is 38.9 Å². The molecule has 12 heteroatoms. The average molecular weight is 475 g/mol. The molecule has 0 radical (unpaired) electrons. The summed E-state index contributed by atoms with van der Waals surface area (Å²) < 4.78 is 48.5. The van der Waals surface area contributed by atoms with Crippen molar-refractivity contribution in [2.24, 2.45) is 0 Å². The number of hydrogen-bond acceptors (Lipinski definition) is 7. The molecule has 0 spiro atoms. The van der Waals surface area contributed by atoms with Crippen LogP contribution < -0.4 is 20.3 Å². The first-order valence-electron chi connectivity index (χ1n) is 10.4. The molecule has 0 aliphatic carbocycles. The van der Waals surface area contributed by atoms with E-state index in [1.807, 2.05) is 0 Å². The van der Waals surface area contributed by atoms with Gasteiger partial charge in [-0.15, -0.1) is 13.2 Å². The summed E-state index contributed by atoms with van der Waals surface area (Å²) in [4.78, 5) is 38.5. The van der Waals surface area contributed by atoms with E-state index in [9.17, 15) is 22.8 Å². The first kappa shape index (κ1) is 23.2. The number of aromatic nitrogens is 4. The molecule has 3 aromatic rings. The lowest BCUT2D eigenvalue weighted by atomic mass is 10.1. The number of ether oxygens (including phenoxy) is 2. The number of nitrogens with zero attached hydrogens (tertiary/aromatic N) is 4. The van der Waals surface area contributed by atoms with Gasteiger partial charge in [-0.05, 0) is 43.5 Å². The van der Waals surface area contributed by atoms with Gasteiger partial charge in [-0.3, -0.25) is 14.2 Å². The number of nitrogens with one attached hydrogen (secondary N) is 1. The fourth-order valence-electron chi connectivity index (χ4n) is 3.77. The molecule has 9 nitrogen and oxygen atoms in total. The maximum Gasteiger partial charge on any atom is 0.573 e. The number of methoxy groups -OCH3 is 1. The topological polar surface area (TPSA) is 108 Å². The molecule has 178 valence electrons. The van der Waals surface area contributed by atoms with Gasteiger partial charge in [-0.25, -0.2) is 15.0 Å². The van der Waals surface area contributed by atoms with Crippen molar-refractivity contribution in [3.63, 3.8) is 0 Å². The third-order valence-corrected chi connectivity index (χ3v) is 5.27. The standard InChI is InChI=1S/C22H20F3N5O4/c1-33-18-6-5-13(34-22(23,24)25)10-14(18)21(32)29-16-4-2-3-9-30-19(31)11-17(28-20(16)30)15-7-8-26-12-27-15/h5-8,10-12,16H,2-4,9H2,1H3,(H,29,32). The van der Waals surface area contributed by atoms with Gasteiger partial charge < -0.3 is 14.8 Å². The van der Waals surface area contributed by atoms with E-state index in [0.29, 0.717) is 43.0 Å². The van der Waals surface area contributed by atoms with Gasteiger partial charge in [-0.2, -0.15) is 0 Å². The smallest absolute Gasteiger partial charge is 0.496 e. The Morgan fingerprint density at radius 1 is 1.18 bits per heavy atom. The molecule has 4 rings (SSSR count). The Hall–Kier alpha value is -3.96. The van der Waals surface area contributed by atoms with Crippen molar-refractivity contribution in [1.29, 1.82) is 0 Å². The molecule has 1 aliphatic rings. The van der Waals surface area contributed by atoms with Crippen LogP contribution in [0.4, 0.5) is 13.2 Å². The average Bonchev–Trinajstić information content (AvgIpc) is 3.01. The number of carbonyl (C=O) groups excluding carboxylic acids is 1. The Kier molecular flexibility index (Phi) is 6.48. The third-order valence-electron chi connectivity index (χ3n) is 5.27. The minimum absolute atomic E-state index is 0.0701. The van der Waals surface area contributed by atoms with E-state index >= 15 is 0 Å². The molecule has 0 bridgehead atoms. The number of amides is 1. The Morgan fingerprint density at radius 3 is 2.71 bits per heavy atom. The van der Waals surface area contributed by atoms with Crippen LogP contribution in [-0.2, 0) is 6.54 Å². The van der Waals surface area contributed by atoms with Crippen LogP contribution in [0.3, 0.4) is 0 Å². The van der Waals surface area contributed by atoms with Gasteiger partial charge in [0.1, 0.15) is 23.7 Å². The molecule has 34 heavy (non-hydrogen) atoms. The van der Waals surface area contributed by atoms with Crippen LogP contribution in [0.25, 0.3) is 11.4 Å². The van der Waals surface area contributed by atoms with E-state index in [1.165, 1.54) is 36.3 Å². The Labute approximate surface area is 191 Å². The second-order valence-electron chi connectivity index (χ2n) is 7.52. The number of rotatable bonds is 5. The highest BCUT2D eigenvalue weighted by atomic mass is 19.4. The monoisotopic (exact) mass is 475 g/mol. The molecule has 0 saturated carbocycles. The minimum atomic E-state index is -4.91. The van der Waals surface area contributed by atoms with Gasteiger partial charge in [0.05, 0.1) is 30.1 Å². The van der Waals surface area contributed by atoms with Crippen LogP contribution >= 0.6 is 0 Å². The first-order valence-corrected chi connectivity index (χ1v) is 10.4. The van der Waals surface area contributed by atoms with Crippen molar-refractivity contribution in [3.8, 4) is 22.9 Å². The number of halogens is 3. The van der Waals surface area contributed by atoms with E-state index in [0.717, 1.165) is 12.1 Å². The van der Waals surface area contributed by atoms with Crippen LogP contribution in [0.2, 0.25) is 0 Å². The van der Waals surface area contributed by atoms with E-state index < -0.39 is 24.1 Å². The summed E-state index contributed by atoms with van der Waals surface area (Å²) in [6.45, 7) is 0.426. The molecule has 1 aromatic carbocycles. The fraction of sp³-hybridized carbons (Fsp3) is 0.318. The van der Waals surface area contributed by atoms with Crippen molar-refractivity contribution in [2.45, 2.75) is 38.2 Å². The van der Waals surface area contributed by atoms with Gasteiger partial charge >= 0.3 is 6.36 Å². The maximum absolute atomic E-state index is 13.1. The molecule has 3 heterocycles. The zero-order chi connectivity index (χ0) is 24.3. The van der Waals surface area contributed by atoms with Gasteiger partial charge in [0, 0.05) is 18.8 Å². The molecular weight excluding hydrogens is 455 g/mol. The normalized spacial score (nSPS) is 15.7. The molecule has 1 amide bonds. The molecule has 0 fully saturated rings. The quantitative estimate of drug-likeness (QED) is 0.603. The SMILES string of the molecule is COc1ccc(OC(F)(F)F)cc1C(=O)NC1CCCCn2c1nc(-c1ccncn1)cc2=O. The number of benzene rings is 1. The zero-order valence-electron chi connectivity index (χ0n) is 18.0. The Bertz CT molecular complexity index is 1250. The van der Waals surface area contributed by atoms with Crippen molar-refractivity contribution in [1.82, 2.24) is 24.8 Å². The van der Waals surface area contributed by atoms with Gasteiger partial charge in [0.2, 0.25) is 0 Å². The molecule has 1 atom stereocenters. The molecule has 1 N–H and O–H groups in total. The number of carbonyl (C=O) groups is 1. The zero-order valence-corrected chi connectivity index (χ0v) is 18.0. The van der Waals surface area contributed by atoms with Gasteiger partial charge in [0.15, 0.2) is 0 Å². The highest BCUT2D eigenvalue weighted by Gasteiger charge is 2.32. The first-order chi connectivity index (χ1) is 16.2. The lowest BCUT2D eigenvalue weighted by Gasteiger charge is -2.20. The van der Waals surface area contributed by atoms with Gasteiger partial charge in [0.25, 0.3) is 11.5 Å². The van der Waals surface area contributed by atoms with Crippen LogP contribution in [0, 0.1) is 0 Å². The number of fused-ring (bicyclic) bond motifs is 1. The van der Waals surface area contributed by atoms with Crippen molar-refractivity contribution < 1.29 is 27.4 Å². The van der Waals surface area contributed by atoms with Crippen molar-refractivity contribution >= 4 is 5.91 Å². The molecule has 2 aromatic heterocycles. The summed E-state index contributed by atoms with van der Waals surface area (Å²) in [6.07, 6.45) is -0.175. The summed E-state index contributed by atoms with van der Waals surface area (Å²) in [5, 5.41) is 2.79. The minimum Gasteiger partial charge on any atom is -0.496 e. The number of alkyl halides is 3. The fourth-order valence-corrected chi connectivity index (χ4v) is 3.77. The second-order valence-corrected chi connectivity index (χ2v) is 7.52. The lowest BCUT2D eigenvalue weighted by molar-refractivity contribution is -0.274. The maximum atomic E-state index is 13.1. The summed E-state index contributed by atoms with van der Waals surface area (Å²) in [5.74, 6) is -0.834. The van der Waals surface area contributed by atoms with Crippen molar-refractivity contribution in [3.05, 3.63) is 64.6 Å². The lowest BCUT2D eigenvalue weighted by Crippen LogP contribution is -2.34. The van der Waals surface area contributed by atoms with Gasteiger partial charge in [-0.1, -0.05) is 0 Å². The summed E-state index contributed by atoms with van der Waals surface area (Å²) in [7, 11) is 1.30. The van der Waals surface area contributed by atoms with Crippen LogP contribution in [0.1, 0.15) is 41.5 Å². The Balaban J connectivity index is 1.69. The van der Waals surface area contributed by atoms with Crippen molar-refractivity contribution in [2.75, 3.05) is 7.11 Å². The summed E-state index contributed by atoms with van der Waals surface area (Å²) >= 11 is 0. The highest BCUT2D eigenvalue weighted by Crippen LogP contribution is 2.30. The molecular formula is C22H20F3N5O4. The van der Waals surface area contributed by atoms with E-state index in [1.54, 1.807) is 6.07 Å². The Morgan fingerprint density at radius 2 is 2.00 bits per heavy atom. The van der Waals surface area contributed by atoms with Crippen LogP contribution in [0.5, 0.6) is 11.5 Å². The molecule has 0 saturated heterocycles. The predicted octanol–water partition coefficient (Wildman–Crippen LogP) is 3.26. The summed E-state index contributed by atoms with van der Waals surface area (Å²) in [5.41, 5.74) is 0.341. The van der Waals surface area contributed by atoms with E-state index in [-0.39, 0.29) is 16.9 Å². The largest absolute Gasteiger partial charge is 0.573 e. The van der Waals surface area contributed by atoms with E-state index in [4.69, 9.17) is 4.74 Å². The third kappa shape index (κ3) is 5.16. The predicted molar refractivity (Wildman–Crippen MR) is 113 cm³/mol. The molecule has 1 unspecified atom stereocenters.